The van der Waals surface area contributed by atoms with Gasteiger partial charge >= 0.3 is 5.97 Å². The van der Waals surface area contributed by atoms with Gasteiger partial charge in [0, 0.05) is 37.9 Å². The molecule has 1 heterocycles. The number of rotatable bonds is 8. The zero-order chi connectivity index (χ0) is 19.8. The van der Waals surface area contributed by atoms with Gasteiger partial charge in [-0.25, -0.2) is 4.79 Å². The second-order valence-electron chi connectivity index (χ2n) is 6.92. The van der Waals surface area contributed by atoms with Crippen molar-refractivity contribution in [3.63, 3.8) is 0 Å². The van der Waals surface area contributed by atoms with Crippen molar-refractivity contribution in [2.45, 2.75) is 26.3 Å². The van der Waals surface area contributed by atoms with E-state index in [9.17, 15) is 9.59 Å². The number of carbonyl (C=O) groups is 2. The molecule has 1 N–H and O–H groups in total. The second-order valence-corrected chi connectivity index (χ2v) is 6.92. The molecule has 0 radical (unpaired) electrons. The summed E-state index contributed by atoms with van der Waals surface area (Å²) in [7, 11) is 3.01. The highest BCUT2D eigenvalue weighted by Crippen LogP contribution is 2.22. The van der Waals surface area contributed by atoms with Gasteiger partial charge in [-0.15, -0.1) is 0 Å². The van der Waals surface area contributed by atoms with Gasteiger partial charge in [0.05, 0.1) is 20.8 Å². The van der Waals surface area contributed by atoms with Crippen LogP contribution in [-0.2, 0) is 14.3 Å². The number of nitrogens with one attached hydrogen (secondary N) is 1. The molecule has 7 heteroatoms. The first-order valence-corrected chi connectivity index (χ1v) is 9.47. The summed E-state index contributed by atoms with van der Waals surface area (Å²) in [6.45, 7) is 7.47. The SMILES string of the molecule is CC[C@@H](C)[C@@H](NC(=O)CN1CCN(c2cccc(OC)c2)CC1)C(=O)OC. The first-order valence-electron chi connectivity index (χ1n) is 9.47. The molecule has 0 spiro atoms. The number of benzene rings is 1. The third-order valence-corrected chi connectivity index (χ3v) is 5.14. The first kappa shape index (κ1) is 21.0. The number of anilines is 1. The predicted molar refractivity (Wildman–Crippen MR) is 105 cm³/mol. The second kappa shape index (κ2) is 10.2. The van der Waals surface area contributed by atoms with Crippen molar-refractivity contribution in [3.05, 3.63) is 24.3 Å². The van der Waals surface area contributed by atoms with Crippen LogP contribution >= 0.6 is 0 Å². The van der Waals surface area contributed by atoms with E-state index in [-0.39, 0.29) is 24.3 Å². The van der Waals surface area contributed by atoms with Crippen LogP contribution < -0.4 is 15.0 Å². The number of hydrogen-bond acceptors (Lipinski definition) is 6. The Kier molecular flexibility index (Phi) is 7.91. The Morgan fingerprint density at radius 1 is 1.19 bits per heavy atom. The maximum Gasteiger partial charge on any atom is 0.328 e. The third kappa shape index (κ3) is 5.85. The maximum absolute atomic E-state index is 12.4. The van der Waals surface area contributed by atoms with Gasteiger partial charge in [-0.1, -0.05) is 26.3 Å². The average molecular weight is 377 g/mol. The van der Waals surface area contributed by atoms with E-state index in [0.717, 1.165) is 44.0 Å². The topological polar surface area (TPSA) is 71.1 Å². The molecule has 1 aromatic rings. The minimum Gasteiger partial charge on any atom is -0.497 e. The molecule has 2 atom stereocenters. The maximum atomic E-state index is 12.4. The smallest absolute Gasteiger partial charge is 0.328 e. The van der Waals surface area contributed by atoms with Crippen molar-refractivity contribution in [1.82, 2.24) is 10.2 Å². The van der Waals surface area contributed by atoms with Crippen LogP contribution in [0.2, 0.25) is 0 Å². The van der Waals surface area contributed by atoms with E-state index in [1.165, 1.54) is 7.11 Å². The van der Waals surface area contributed by atoms with Gasteiger partial charge in [0.25, 0.3) is 0 Å². The van der Waals surface area contributed by atoms with Gasteiger partial charge in [-0.05, 0) is 18.1 Å². The Labute approximate surface area is 161 Å². The summed E-state index contributed by atoms with van der Waals surface area (Å²) in [5.74, 6) is 0.348. The molecule has 0 unspecified atom stereocenters. The fraction of sp³-hybridized carbons (Fsp3) is 0.600. The fourth-order valence-electron chi connectivity index (χ4n) is 3.19. The standard InChI is InChI=1S/C20H31N3O4/c1-5-15(2)19(20(25)27-4)21-18(24)14-22-9-11-23(12-10-22)16-7-6-8-17(13-16)26-3/h6-8,13,15,19H,5,9-12,14H2,1-4H3,(H,21,24)/t15-,19-/m1/s1. The summed E-state index contributed by atoms with van der Waals surface area (Å²) in [6, 6.07) is 7.41. The van der Waals surface area contributed by atoms with Gasteiger partial charge in [-0.2, -0.15) is 0 Å². The van der Waals surface area contributed by atoms with Crippen LogP contribution in [0.4, 0.5) is 5.69 Å². The quantitative estimate of drug-likeness (QED) is 0.693. The minimum atomic E-state index is -0.592. The number of amides is 1. The van der Waals surface area contributed by atoms with Gasteiger partial charge in [0.15, 0.2) is 0 Å². The monoisotopic (exact) mass is 377 g/mol. The Hall–Kier alpha value is -2.28. The lowest BCUT2D eigenvalue weighted by molar-refractivity contribution is -0.146. The summed E-state index contributed by atoms with van der Waals surface area (Å²) in [5, 5.41) is 2.84. The highest BCUT2D eigenvalue weighted by molar-refractivity contribution is 5.85. The molecule has 1 amide bonds. The minimum absolute atomic E-state index is 0.0336. The molecule has 2 rings (SSSR count). The van der Waals surface area contributed by atoms with Gasteiger partial charge in [-0.3, -0.25) is 9.69 Å². The summed E-state index contributed by atoms with van der Waals surface area (Å²) in [6.07, 6.45) is 0.791. The predicted octanol–water partition coefficient (Wildman–Crippen LogP) is 1.52. The molecule has 0 aromatic heterocycles. The molecule has 1 aliphatic rings. The highest BCUT2D eigenvalue weighted by atomic mass is 16.5. The molecule has 1 saturated heterocycles. The first-order chi connectivity index (χ1) is 13.0. The number of piperazine rings is 1. The van der Waals surface area contributed by atoms with Gasteiger partial charge < -0.3 is 19.7 Å². The number of nitrogens with zero attached hydrogens (tertiary/aromatic N) is 2. The van der Waals surface area contributed by atoms with E-state index in [4.69, 9.17) is 9.47 Å². The Balaban J connectivity index is 1.85. The molecule has 150 valence electrons. The van der Waals surface area contributed by atoms with Gasteiger partial charge in [0.1, 0.15) is 11.8 Å². The zero-order valence-electron chi connectivity index (χ0n) is 16.7. The molecule has 0 bridgehead atoms. The van der Waals surface area contributed by atoms with E-state index in [2.05, 4.69) is 21.2 Å². The molecule has 1 fully saturated rings. The van der Waals surface area contributed by atoms with Crippen molar-refractivity contribution >= 4 is 17.6 Å². The molecular weight excluding hydrogens is 346 g/mol. The van der Waals surface area contributed by atoms with E-state index >= 15 is 0 Å². The van der Waals surface area contributed by atoms with Crippen molar-refractivity contribution in [3.8, 4) is 5.75 Å². The van der Waals surface area contributed by atoms with Crippen LogP contribution in [0.1, 0.15) is 20.3 Å². The number of ether oxygens (including phenoxy) is 2. The summed E-state index contributed by atoms with van der Waals surface area (Å²) in [5.41, 5.74) is 1.13. The van der Waals surface area contributed by atoms with Crippen LogP contribution in [0.3, 0.4) is 0 Å². The Bertz CT molecular complexity index is 629. The van der Waals surface area contributed by atoms with Crippen LogP contribution in [-0.4, -0.2) is 69.8 Å². The molecule has 27 heavy (non-hydrogen) atoms. The van der Waals surface area contributed by atoms with Crippen LogP contribution in [0, 0.1) is 5.92 Å². The lowest BCUT2D eigenvalue weighted by Gasteiger charge is -2.36. The lowest BCUT2D eigenvalue weighted by Crippen LogP contribution is -2.52. The van der Waals surface area contributed by atoms with E-state index in [1.54, 1.807) is 7.11 Å². The molecular formula is C20H31N3O4. The molecule has 1 aliphatic heterocycles. The number of carbonyl (C=O) groups excluding carboxylic acids is 2. The van der Waals surface area contributed by atoms with Crippen molar-refractivity contribution in [1.29, 1.82) is 0 Å². The largest absolute Gasteiger partial charge is 0.497 e. The number of methoxy groups -OCH3 is 2. The lowest BCUT2D eigenvalue weighted by atomic mass is 9.99. The van der Waals surface area contributed by atoms with Crippen molar-refractivity contribution < 1.29 is 19.1 Å². The van der Waals surface area contributed by atoms with E-state index < -0.39 is 6.04 Å². The van der Waals surface area contributed by atoms with Gasteiger partial charge in [0.2, 0.25) is 5.91 Å². The number of esters is 1. The molecule has 1 aromatic carbocycles. The molecule has 7 nitrogen and oxygen atoms in total. The molecule has 0 aliphatic carbocycles. The number of hydrogen-bond donors (Lipinski definition) is 1. The van der Waals surface area contributed by atoms with Crippen molar-refractivity contribution in [2.75, 3.05) is 51.8 Å². The Morgan fingerprint density at radius 2 is 1.89 bits per heavy atom. The van der Waals surface area contributed by atoms with Crippen LogP contribution in [0.15, 0.2) is 24.3 Å². The summed E-state index contributed by atoms with van der Waals surface area (Å²) < 4.78 is 10.1. The third-order valence-electron chi connectivity index (χ3n) is 5.14. The van der Waals surface area contributed by atoms with Crippen LogP contribution in [0.5, 0.6) is 5.75 Å². The normalized spacial score (nSPS) is 17.1. The fourth-order valence-corrected chi connectivity index (χ4v) is 3.19. The zero-order valence-corrected chi connectivity index (χ0v) is 16.7. The van der Waals surface area contributed by atoms with E-state index in [0.29, 0.717) is 0 Å². The van der Waals surface area contributed by atoms with E-state index in [1.807, 2.05) is 32.0 Å². The van der Waals surface area contributed by atoms with Crippen LogP contribution in [0.25, 0.3) is 0 Å². The summed E-state index contributed by atoms with van der Waals surface area (Å²) >= 11 is 0. The Morgan fingerprint density at radius 3 is 2.48 bits per heavy atom. The summed E-state index contributed by atoms with van der Waals surface area (Å²) in [4.78, 5) is 28.7. The highest BCUT2D eigenvalue weighted by Gasteiger charge is 2.28. The van der Waals surface area contributed by atoms with Crippen molar-refractivity contribution in [2.24, 2.45) is 5.92 Å². The molecule has 0 saturated carbocycles. The average Bonchev–Trinajstić information content (AvgIpc) is 2.71.